The van der Waals surface area contributed by atoms with E-state index in [0.717, 1.165) is 4.90 Å². The predicted molar refractivity (Wildman–Crippen MR) is 137 cm³/mol. The van der Waals surface area contributed by atoms with Crippen LogP contribution in [0.5, 0.6) is 5.75 Å². The number of anilines is 1. The van der Waals surface area contributed by atoms with Crippen molar-refractivity contribution in [2.24, 2.45) is 11.8 Å². The highest BCUT2D eigenvalue weighted by atomic mass is 35.5. The van der Waals surface area contributed by atoms with Gasteiger partial charge in [-0.05, 0) is 61.2 Å². The first-order valence-corrected chi connectivity index (χ1v) is 12.3. The summed E-state index contributed by atoms with van der Waals surface area (Å²) in [6.45, 7) is 1.40. The number of likely N-dealkylation sites (tertiary alicyclic amines) is 1. The average molecular weight is 529 g/mol. The summed E-state index contributed by atoms with van der Waals surface area (Å²) < 4.78 is 5.37. The van der Waals surface area contributed by atoms with Gasteiger partial charge in [-0.2, -0.15) is 0 Å². The fourth-order valence-electron chi connectivity index (χ4n) is 4.30. The van der Waals surface area contributed by atoms with Gasteiger partial charge in [-0.1, -0.05) is 24.6 Å². The molecule has 3 rings (SSSR count). The second-order valence-electron chi connectivity index (χ2n) is 8.94. The van der Waals surface area contributed by atoms with E-state index in [0.29, 0.717) is 22.8 Å². The third-order valence-corrected chi connectivity index (χ3v) is 6.63. The molecule has 1 aliphatic heterocycles. The molecule has 1 unspecified atom stereocenters. The Balaban J connectivity index is 1.74. The molecule has 2 aromatic rings. The van der Waals surface area contributed by atoms with E-state index in [4.69, 9.17) is 21.4 Å². The Hall–Kier alpha value is -3.72. The van der Waals surface area contributed by atoms with Gasteiger partial charge < -0.3 is 15.2 Å². The molecule has 0 saturated carbocycles. The van der Waals surface area contributed by atoms with Gasteiger partial charge in [-0.25, -0.2) is 4.79 Å². The minimum atomic E-state index is -1.13. The van der Waals surface area contributed by atoms with Crippen molar-refractivity contribution in [2.45, 2.75) is 39.0 Å². The van der Waals surface area contributed by atoms with Crippen LogP contribution in [-0.4, -0.2) is 53.1 Å². The van der Waals surface area contributed by atoms with Crippen molar-refractivity contribution < 1.29 is 33.8 Å². The number of halogens is 1. The van der Waals surface area contributed by atoms with Crippen molar-refractivity contribution in [3.8, 4) is 5.75 Å². The SMILES string of the molecule is CC[C@@H](CC(=O)N1CC(=O)CCC(Cc2cc(Cl)ccc2OC)C1=O)C(=O)Nc1cccc(C(=O)O)c1. The van der Waals surface area contributed by atoms with Crippen molar-refractivity contribution >= 4 is 46.8 Å². The molecule has 9 nitrogen and oxygen atoms in total. The number of aromatic carboxylic acids is 1. The molecule has 2 aromatic carbocycles. The van der Waals surface area contributed by atoms with Gasteiger partial charge in [0, 0.05) is 35.4 Å². The van der Waals surface area contributed by atoms with Crippen molar-refractivity contribution in [3.05, 3.63) is 58.6 Å². The number of carboxylic acids is 1. The van der Waals surface area contributed by atoms with Crippen molar-refractivity contribution in [2.75, 3.05) is 19.0 Å². The first-order chi connectivity index (χ1) is 17.6. The molecule has 0 aliphatic carbocycles. The van der Waals surface area contributed by atoms with Crippen LogP contribution < -0.4 is 10.1 Å². The maximum Gasteiger partial charge on any atom is 0.335 e. The maximum atomic E-state index is 13.4. The van der Waals surface area contributed by atoms with Gasteiger partial charge in [0.05, 0.1) is 19.2 Å². The van der Waals surface area contributed by atoms with E-state index < -0.39 is 35.5 Å². The Morgan fingerprint density at radius 1 is 1.19 bits per heavy atom. The summed E-state index contributed by atoms with van der Waals surface area (Å²) in [7, 11) is 1.51. The summed E-state index contributed by atoms with van der Waals surface area (Å²) in [5, 5.41) is 12.3. The zero-order valence-corrected chi connectivity index (χ0v) is 21.4. The first kappa shape index (κ1) is 27.9. The number of benzene rings is 2. The normalized spacial score (nSPS) is 16.6. The van der Waals surface area contributed by atoms with Gasteiger partial charge in [-0.15, -0.1) is 0 Å². The Morgan fingerprint density at radius 2 is 1.95 bits per heavy atom. The smallest absolute Gasteiger partial charge is 0.335 e. The molecule has 10 heteroatoms. The molecule has 1 fully saturated rings. The standard InChI is InChI=1S/C27H29ClN2O7/c1-3-16(25(33)29-21-6-4-5-18(13-21)27(35)36)14-24(32)30-15-22(31)9-7-17(26(30)34)11-19-12-20(28)8-10-23(19)37-2/h4-6,8,10,12-13,16-17H,3,7,9,11,14-15H2,1-2H3,(H,29,33)(H,35,36)/t16-,17?/m0/s1. The van der Waals surface area contributed by atoms with Crippen LogP contribution in [0.3, 0.4) is 0 Å². The third kappa shape index (κ3) is 7.16. The Morgan fingerprint density at radius 3 is 2.62 bits per heavy atom. The molecule has 2 atom stereocenters. The molecule has 196 valence electrons. The number of Topliss-reactive ketones (excluding diaryl/α,β-unsaturated/α-hetero) is 1. The van der Waals surface area contributed by atoms with E-state index in [1.807, 2.05) is 0 Å². The Kier molecular flexibility index (Phi) is 9.41. The number of ether oxygens (including phenoxy) is 1. The van der Waals surface area contributed by atoms with Gasteiger partial charge in [0.1, 0.15) is 5.75 Å². The van der Waals surface area contributed by atoms with Gasteiger partial charge >= 0.3 is 5.97 Å². The van der Waals surface area contributed by atoms with Crippen LogP contribution in [0.15, 0.2) is 42.5 Å². The van der Waals surface area contributed by atoms with Crippen molar-refractivity contribution in [3.63, 3.8) is 0 Å². The van der Waals surface area contributed by atoms with Crippen LogP contribution in [-0.2, 0) is 25.6 Å². The summed E-state index contributed by atoms with van der Waals surface area (Å²) in [5.41, 5.74) is 0.995. The topological polar surface area (TPSA) is 130 Å². The van der Waals surface area contributed by atoms with Gasteiger partial charge in [0.2, 0.25) is 17.7 Å². The third-order valence-electron chi connectivity index (χ3n) is 6.39. The number of ketones is 1. The fraction of sp³-hybridized carbons (Fsp3) is 0.370. The van der Waals surface area contributed by atoms with E-state index >= 15 is 0 Å². The number of hydrogen-bond acceptors (Lipinski definition) is 6. The molecule has 1 saturated heterocycles. The molecule has 0 bridgehead atoms. The number of carbonyl (C=O) groups excluding carboxylic acids is 4. The van der Waals surface area contributed by atoms with Crippen LogP contribution in [0.1, 0.15) is 48.5 Å². The minimum Gasteiger partial charge on any atom is -0.496 e. The van der Waals surface area contributed by atoms with Crippen molar-refractivity contribution in [1.29, 1.82) is 0 Å². The molecular formula is C27H29ClN2O7. The van der Waals surface area contributed by atoms with Crippen molar-refractivity contribution in [1.82, 2.24) is 4.90 Å². The second-order valence-corrected chi connectivity index (χ2v) is 9.37. The Labute approximate surface area is 219 Å². The highest BCUT2D eigenvalue weighted by Gasteiger charge is 2.35. The summed E-state index contributed by atoms with van der Waals surface area (Å²) in [6, 6.07) is 10.8. The number of rotatable bonds is 9. The molecular weight excluding hydrogens is 500 g/mol. The van der Waals surface area contributed by atoms with Gasteiger partial charge in [-0.3, -0.25) is 24.1 Å². The lowest BCUT2D eigenvalue weighted by molar-refractivity contribution is -0.149. The molecule has 3 amide bonds. The zero-order chi connectivity index (χ0) is 27.1. The minimum absolute atomic E-state index is 0.0120. The summed E-state index contributed by atoms with van der Waals surface area (Å²) in [6.07, 6.45) is 0.717. The molecule has 0 radical (unpaired) electrons. The second kappa shape index (κ2) is 12.5. The number of amides is 3. The lowest BCUT2D eigenvalue weighted by Gasteiger charge is -2.24. The number of imide groups is 1. The highest BCUT2D eigenvalue weighted by Crippen LogP contribution is 2.29. The molecule has 0 spiro atoms. The number of carboxylic acid groups (broad SMARTS) is 1. The molecule has 37 heavy (non-hydrogen) atoms. The average Bonchev–Trinajstić information content (AvgIpc) is 3.01. The molecule has 0 aromatic heterocycles. The van der Waals surface area contributed by atoms with Gasteiger partial charge in [0.15, 0.2) is 5.78 Å². The lowest BCUT2D eigenvalue weighted by Crippen LogP contribution is -2.43. The Bertz CT molecular complexity index is 1210. The largest absolute Gasteiger partial charge is 0.496 e. The van der Waals surface area contributed by atoms with E-state index in [1.165, 1.54) is 25.3 Å². The maximum absolute atomic E-state index is 13.4. The van der Waals surface area contributed by atoms with E-state index in [1.54, 1.807) is 31.2 Å². The summed E-state index contributed by atoms with van der Waals surface area (Å²) in [4.78, 5) is 64.0. The number of nitrogens with zero attached hydrogens (tertiary/aromatic N) is 1. The van der Waals surface area contributed by atoms with E-state index in [-0.39, 0.29) is 49.3 Å². The van der Waals surface area contributed by atoms with Crippen LogP contribution in [0, 0.1) is 11.8 Å². The van der Waals surface area contributed by atoms with Gasteiger partial charge in [0.25, 0.3) is 0 Å². The van der Waals surface area contributed by atoms with E-state index in [2.05, 4.69) is 5.32 Å². The lowest BCUT2D eigenvalue weighted by atomic mass is 9.93. The van der Waals surface area contributed by atoms with E-state index in [9.17, 15) is 24.0 Å². The first-order valence-electron chi connectivity index (χ1n) is 12.0. The quantitative estimate of drug-likeness (QED) is 0.503. The molecule has 2 N–H and O–H groups in total. The van der Waals surface area contributed by atoms with Crippen LogP contribution >= 0.6 is 11.6 Å². The van der Waals surface area contributed by atoms with Crippen LogP contribution in [0.4, 0.5) is 5.69 Å². The zero-order valence-electron chi connectivity index (χ0n) is 20.7. The fourth-order valence-corrected chi connectivity index (χ4v) is 4.50. The van der Waals surface area contributed by atoms with Crippen LogP contribution in [0.2, 0.25) is 5.02 Å². The summed E-state index contributed by atoms with van der Waals surface area (Å²) >= 11 is 6.12. The number of hydrogen-bond donors (Lipinski definition) is 2. The number of carbonyl (C=O) groups is 5. The monoisotopic (exact) mass is 528 g/mol. The predicted octanol–water partition coefficient (Wildman–Crippen LogP) is 3.98. The number of nitrogens with one attached hydrogen (secondary N) is 1. The molecule has 1 aliphatic rings. The summed E-state index contributed by atoms with van der Waals surface area (Å²) in [5.74, 6) is -3.77. The number of methoxy groups -OCH3 is 1. The molecule has 1 heterocycles. The highest BCUT2D eigenvalue weighted by molar-refractivity contribution is 6.30. The van der Waals surface area contributed by atoms with Crippen LogP contribution in [0.25, 0.3) is 0 Å².